The van der Waals surface area contributed by atoms with Crippen LogP contribution in [0.1, 0.15) is 20.8 Å². The Labute approximate surface area is 95.7 Å². The number of aliphatic hydroxyl groups excluding tert-OH is 4. The normalized spacial score (nSPS) is 41.1. The molecule has 0 bridgehead atoms. The van der Waals surface area contributed by atoms with Gasteiger partial charge in [-0.15, -0.1) is 0 Å². The largest absolute Gasteiger partial charge is 0.396 e. The lowest BCUT2D eigenvalue weighted by Crippen LogP contribution is -2.59. The van der Waals surface area contributed by atoms with Crippen molar-refractivity contribution in [3.8, 4) is 0 Å². The quantitative estimate of drug-likeness (QED) is 0.498. The Morgan fingerprint density at radius 1 is 1.00 bits per heavy atom. The van der Waals surface area contributed by atoms with Gasteiger partial charge in [-0.25, -0.2) is 0 Å². The van der Waals surface area contributed by atoms with Gasteiger partial charge in [0.2, 0.25) is 0 Å². The van der Waals surface area contributed by atoms with Crippen LogP contribution in [-0.4, -0.2) is 58.1 Å². The molecule has 0 spiro atoms. The van der Waals surface area contributed by atoms with Crippen LogP contribution < -0.4 is 0 Å². The van der Waals surface area contributed by atoms with E-state index in [0.29, 0.717) is 0 Å². The molecule has 0 aliphatic carbocycles. The molecule has 5 nitrogen and oxygen atoms in total. The van der Waals surface area contributed by atoms with Gasteiger partial charge in [0.1, 0.15) is 6.10 Å². The summed E-state index contributed by atoms with van der Waals surface area (Å²) in [5.41, 5.74) is -0.339. The molecule has 1 rings (SSSR count). The van der Waals surface area contributed by atoms with Gasteiger partial charge in [0, 0.05) is 5.92 Å². The highest BCUT2D eigenvalue weighted by Gasteiger charge is 2.47. The van der Waals surface area contributed by atoms with Crippen molar-refractivity contribution in [3.05, 3.63) is 0 Å². The van der Waals surface area contributed by atoms with Crippen molar-refractivity contribution in [2.45, 2.75) is 45.2 Å². The van der Waals surface area contributed by atoms with E-state index in [1.54, 1.807) is 0 Å². The van der Waals surface area contributed by atoms with Gasteiger partial charge in [0.15, 0.2) is 0 Å². The third-order valence-electron chi connectivity index (χ3n) is 3.14. The first-order valence-corrected chi connectivity index (χ1v) is 5.56. The molecule has 0 aromatic rings. The Balaban J connectivity index is 2.87. The molecule has 0 aromatic carbocycles. The van der Waals surface area contributed by atoms with Gasteiger partial charge in [0.25, 0.3) is 0 Å². The van der Waals surface area contributed by atoms with E-state index in [0.717, 1.165) is 0 Å². The van der Waals surface area contributed by atoms with Gasteiger partial charge < -0.3 is 25.2 Å². The van der Waals surface area contributed by atoms with Crippen LogP contribution in [0.4, 0.5) is 0 Å². The van der Waals surface area contributed by atoms with E-state index >= 15 is 0 Å². The maximum Gasteiger partial charge on any atom is 0.107 e. The fourth-order valence-electron chi connectivity index (χ4n) is 2.14. The van der Waals surface area contributed by atoms with Gasteiger partial charge in [-0.1, -0.05) is 20.8 Å². The summed E-state index contributed by atoms with van der Waals surface area (Å²) in [5, 5.41) is 38.1. The number of hydrogen-bond donors (Lipinski definition) is 4. The average Bonchev–Trinajstić information content (AvgIpc) is 2.19. The molecule has 0 saturated carbocycles. The lowest BCUT2D eigenvalue weighted by molar-refractivity contribution is -0.238. The van der Waals surface area contributed by atoms with Crippen LogP contribution in [0.3, 0.4) is 0 Å². The van der Waals surface area contributed by atoms with Crippen molar-refractivity contribution in [2.75, 3.05) is 13.2 Å². The molecule has 1 fully saturated rings. The highest BCUT2D eigenvalue weighted by molar-refractivity contribution is 4.95. The van der Waals surface area contributed by atoms with Crippen LogP contribution in [-0.2, 0) is 4.74 Å². The minimum atomic E-state index is -1.07. The lowest BCUT2D eigenvalue weighted by atomic mass is 9.77. The molecule has 1 aliphatic rings. The maximum atomic E-state index is 9.92. The van der Waals surface area contributed by atoms with E-state index in [4.69, 9.17) is 14.9 Å². The molecule has 4 N–H and O–H groups in total. The topological polar surface area (TPSA) is 90.2 Å². The van der Waals surface area contributed by atoms with Crippen LogP contribution in [0.15, 0.2) is 0 Å². The summed E-state index contributed by atoms with van der Waals surface area (Å²) in [7, 11) is 0. The second kappa shape index (κ2) is 4.98. The van der Waals surface area contributed by atoms with Crippen molar-refractivity contribution in [2.24, 2.45) is 11.3 Å². The van der Waals surface area contributed by atoms with Gasteiger partial charge in [-0.05, 0) is 5.41 Å². The van der Waals surface area contributed by atoms with Crippen molar-refractivity contribution >= 4 is 0 Å². The number of ether oxygens (including phenoxy) is 1. The number of rotatable bonds is 2. The minimum absolute atomic E-state index is 0.276. The Morgan fingerprint density at radius 3 is 1.94 bits per heavy atom. The molecular formula is C11H22O5. The van der Waals surface area contributed by atoms with E-state index in [1.807, 2.05) is 20.8 Å². The highest BCUT2D eigenvalue weighted by atomic mass is 16.5. The SMILES string of the molecule is CC(C)(C)[C@@H]1OC(CO)[C@H](CO)[C@H](O)C1O. The van der Waals surface area contributed by atoms with E-state index in [1.165, 1.54) is 0 Å². The standard InChI is InChI=1S/C11H22O5/c1-11(2,3)10-9(15)8(14)6(4-12)7(5-13)16-10/h6-10,12-15H,4-5H2,1-3H3/t6-,7?,8-,9?,10+/m0/s1. The van der Waals surface area contributed by atoms with Crippen molar-refractivity contribution < 1.29 is 25.2 Å². The second-order valence-electron chi connectivity index (χ2n) is 5.47. The van der Waals surface area contributed by atoms with Crippen molar-refractivity contribution in [1.29, 1.82) is 0 Å². The van der Waals surface area contributed by atoms with Gasteiger partial charge in [-0.2, -0.15) is 0 Å². The number of aliphatic hydroxyl groups is 4. The fourth-order valence-corrected chi connectivity index (χ4v) is 2.14. The first-order chi connectivity index (χ1) is 7.32. The van der Waals surface area contributed by atoms with Crippen molar-refractivity contribution in [3.63, 3.8) is 0 Å². The maximum absolute atomic E-state index is 9.92. The van der Waals surface area contributed by atoms with E-state index in [2.05, 4.69) is 0 Å². The molecule has 2 unspecified atom stereocenters. The van der Waals surface area contributed by atoms with Crippen LogP contribution in [0.2, 0.25) is 0 Å². The van der Waals surface area contributed by atoms with E-state index in [-0.39, 0.29) is 18.6 Å². The molecule has 5 atom stereocenters. The van der Waals surface area contributed by atoms with Gasteiger partial charge in [-0.3, -0.25) is 0 Å². The van der Waals surface area contributed by atoms with E-state index in [9.17, 15) is 10.2 Å². The summed E-state index contributed by atoms with van der Waals surface area (Å²) in [5.74, 6) is -0.640. The molecular weight excluding hydrogens is 212 g/mol. The van der Waals surface area contributed by atoms with Gasteiger partial charge >= 0.3 is 0 Å². The molecule has 0 amide bonds. The Kier molecular flexibility index (Phi) is 4.31. The van der Waals surface area contributed by atoms with Crippen LogP contribution in [0.25, 0.3) is 0 Å². The molecule has 1 saturated heterocycles. The molecule has 96 valence electrons. The predicted molar refractivity (Wildman–Crippen MR) is 57.8 cm³/mol. The third kappa shape index (κ3) is 2.55. The Bertz CT molecular complexity index is 223. The molecule has 1 heterocycles. The Morgan fingerprint density at radius 2 is 1.56 bits per heavy atom. The van der Waals surface area contributed by atoms with E-state index < -0.39 is 30.3 Å². The van der Waals surface area contributed by atoms with Crippen LogP contribution in [0.5, 0.6) is 0 Å². The zero-order valence-electron chi connectivity index (χ0n) is 10.00. The first kappa shape index (κ1) is 13.9. The van der Waals surface area contributed by atoms with Crippen molar-refractivity contribution in [1.82, 2.24) is 0 Å². The molecule has 5 heteroatoms. The summed E-state index contributed by atoms with van der Waals surface area (Å²) in [6, 6.07) is 0. The summed E-state index contributed by atoms with van der Waals surface area (Å²) in [4.78, 5) is 0. The van der Waals surface area contributed by atoms with Crippen LogP contribution in [0, 0.1) is 11.3 Å². The second-order valence-corrected chi connectivity index (χ2v) is 5.47. The minimum Gasteiger partial charge on any atom is -0.396 e. The zero-order valence-corrected chi connectivity index (χ0v) is 10.00. The molecule has 0 aromatic heterocycles. The average molecular weight is 234 g/mol. The molecule has 0 radical (unpaired) electrons. The predicted octanol–water partition coefficient (Wildman–Crippen LogP) is -0.878. The zero-order chi connectivity index (χ0) is 12.5. The smallest absolute Gasteiger partial charge is 0.107 e. The highest BCUT2D eigenvalue weighted by Crippen LogP contribution is 2.35. The van der Waals surface area contributed by atoms with Crippen LogP contribution >= 0.6 is 0 Å². The molecule has 16 heavy (non-hydrogen) atoms. The summed E-state index contributed by atoms with van der Waals surface area (Å²) in [6.07, 6.45) is -3.30. The summed E-state index contributed by atoms with van der Waals surface area (Å²) >= 11 is 0. The number of hydrogen-bond acceptors (Lipinski definition) is 5. The fraction of sp³-hybridized carbons (Fsp3) is 1.00. The monoisotopic (exact) mass is 234 g/mol. The Hall–Kier alpha value is -0.200. The first-order valence-electron chi connectivity index (χ1n) is 5.56. The summed E-state index contributed by atoms with van der Waals surface area (Å²) in [6.45, 7) is 5.08. The van der Waals surface area contributed by atoms with Gasteiger partial charge in [0.05, 0.1) is 31.5 Å². The lowest BCUT2D eigenvalue weighted by Gasteiger charge is -2.46. The third-order valence-corrected chi connectivity index (χ3v) is 3.14. The summed E-state index contributed by atoms with van der Waals surface area (Å²) < 4.78 is 5.57. The molecule has 1 aliphatic heterocycles.